The highest BCUT2D eigenvalue weighted by atomic mass is 127. The molecule has 5 aliphatic rings. The Bertz CT molecular complexity index is 2690. The maximum atomic E-state index is 15.0. The highest BCUT2D eigenvalue weighted by molar-refractivity contribution is 14.1. The summed E-state index contributed by atoms with van der Waals surface area (Å²) in [7, 11) is 0. The summed E-state index contributed by atoms with van der Waals surface area (Å²) < 4.78 is 48.3. The molecule has 62 heavy (non-hydrogen) atoms. The zero-order chi connectivity index (χ0) is 43.2. The molecular formula is C42H41ClF3IN10O5. The van der Waals surface area contributed by atoms with Crippen LogP contribution in [0.1, 0.15) is 62.6 Å². The van der Waals surface area contributed by atoms with E-state index in [1.165, 1.54) is 10.8 Å². The molecule has 2 amide bonds. The lowest BCUT2D eigenvalue weighted by atomic mass is 9.56. The van der Waals surface area contributed by atoms with Gasteiger partial charge in [-0.05, 0) is 81.0 Å². The fourth-order valence-corrected chi connectivity index (χ4v) is 11.8. The number of rotatable bonds is 7. The Labute approximate surface area is 371 Å². The fourth-order valence-electron chi connectivity index (χ4n) is 10.1. The Balaban J connectivity index is 1.01. The van der Waals surface area contributed by atoms with E-state index in [1.54, 1.807) is 16.4 Å². The Morgan fingerprint density at radius 1 is 1.05 bits per heavy atom. The first-order valence-corrected chi connectivity index (χ1v) is 22.2. The van der Waals surface area contributed by atoms with Crippen molar-refractivity contribution in [2.24, 2.45) is 5.92 Å². The summed E-state index contributed by atoms with van der Waals surface area (Å²) >= 11 is 8.55. The summed E-state index contributed by atoms with van der Waals surface area (Å²) in [6, 6.07) is 10.9. The van der Waals surface area contributed by atoms with Crippen LogP contribution in [0.4, 0.5) is 24.5 Å². The first-order chi connectivity index (χ1) is 29.7. The molecule has 3 saturated heterocycles. The van der Waals surface area contributed by atoms with E-state index in [0.717, 1.165) is 69.7 Å². The normalized spacial score (nSPS) is 23.9. The number of aromatic nitrogens is 6. The molecule has 0 radical (unpaired) electrons. The number of fused-ring (bicyclic) bond motifs is 5. The molecule has 2 N–H and O–H groups in total. The minimum atomic E-state index is -4.62. The summed E-state index contributed by atoms with van der Waals surface area (Å²) in [4.78, 5) is 62.4. The molecule has 4 atom stereocenters. The summed E-state index contributed by atoms with van der Waals surface area (Å²) in [5, 5.41) is 17.9. The number of carbonyl (C=O) groups excluding carboxylic acids is 2. The monoisotopic (exact) mass is 984 g/mol. The number of nitrogens with one attached hydrogen (secondary N) is 1. The molecule has 10 rings (SSSR count). The number of amides is 2. The van der Waals surface area contributed by atoms with Crippen molar-refractivity contribution < 1.29 is 32.6 Å². The molecule has 3 aromatic heterocycles. The number of piperazine rings is 1. The third-order valence-corrected chi connectivity index (χ3v) is 14.9. The van der Waals surface area contributed by atoms with Crippen molar-refractivity contribution in [3.05, 3.63) is 92.4 Å². The summed E-state index contributed by atoms with van der Waals surface area (Å²) in [6.45, 7) is 6.76. The molecule has 3 aliphatic heterocycles. The maximum Gasteiger partial charge on any atom is 0.416 e. The number of piperidine rings is 1. The number of hydrogen-bond donors (Lipinski definition) is 2. The second-order valence-electron chi connectivity index (χ2n) is 16.8. The Morgan fingerprint density at radius 2 is 1.81 bits per heavy atom. The van der Waals surface area contributed by atoms with Crippen molar-refractivity contribution in [3.63, 3.8) is 0 Å². The number of aryl methyl sites for hydroxylation is 1. The molecule has 6 heterocycles. The molecule has 5 aromatic rings. The van der Waals surface area contributed by atoms with Crippen molar-refractivity contribution in [2.45, 2.75) is 66.8 Å². The van der Waals surface area contributed by atoms with Crippen LogP contribution >= 0.6 is 34.2 Å². The average molecular weight is 985 g/mol. The van der Waals surface area contributed by atoms with Crippen LogP contribution in [-0.4, -0.2) is 114 Å². The minimum absolute atomic E-state index is 0.000788. The van der Waals surface area contributed by atoms with Crippen LogP contribution < -0.4 is 15.8 Å². The predicted octanol–water partition coefficient (Wildman–Crippen LogP) is 5.64. The van der Waals surface area contributed by atoms with Gasteiger partial charge in [-0.2, -0.15) is 22.7 Å². The standard InChI is InChI=1S/C42H41ClF3IN10O5/c1-22-36(59)34(49-21-48-22)39(61)55-11-10-41(27-7-9-31(27)55)17-29(47)35-33(41)38(60)57-40(56(35)18-32(58)50-30-8-4-24(16-28(30)43)42(44,45)46)51-37(52-57)23-2-5-25(6-3-23)53-12-14-54(15-13-53)26-19-62-20-26/h2-6,8,16,21,26-27,29,31,59H,7,9-15,17-20H2,1H3,(H,50,58)/t27-,29+,31+,41?/m1/s1. The van der Waals surface area contributed by atoms with Crippen LogP contribution in [0.3, 0.4) is 0 Å². The van der Waals surface area contributed by atoms with Gasteiger partial charge in [0.1, 0.15) is 12.9 Å². The first kappa shape index (κ1) is 41.2. The Hall–Kier alpha value is -4.86. The van der Waals surface area contributed by atoms with E-state index in [4.69, 9.17) is 26.4 Å². The highest BCUT2D eigenvalue weighted by Crippen LogP contribution is 2.61. The fraction of sp³-hybridized carbons (Fsp3) is 0.452. The van der Waals surface area contributed by atoms with Crippen LogP contribution in [0.5, 0.6) is 5.75 Å². The van der Waals surface area contributed by atoms with E-state index in [1.807, 2.05) is 24.3 Å². The zero-order valence-electron chi connectivity index (χ0n) is 33.4. The molecule has 4 fully saturated rings. The van der Waals surface area contributed by atoms with Gasteiger partial charge in [0, 0.05) is 66.7 Å². The van der Waals surface area contributed by atoms with Gasteiger partial charge in [-0.25, -0.2) is 9.97 Å². The smallest absolute Gasteiger partial charge is 0.416 e. The van der Waals surface area contributed by atoms with Crippen molar-refractivity contribution in [1.82, 2.24) is 38.9 Å². The van der Waals surface area contributed by atoms with Crippen molar-refractivity contribution in [3.8, 4) is 17.1 Å². The van der Waals surface area contributed by atoms with E-state index >= 15 is 4.79 Å². The number of likely N-dealkylation sites (tertiary alicyclic amines) is 1. The zero-order valence-corrected chi connectivity index (χ0v) is 36.3. The summed E-state index contributed by atoms with van der Waals surface area (Å²) in [5.74, 6) is -0.933. The van der Waals surface area contributed by atoms with Gasteiger partial charge in [0.2, 0.25) is 11.7 Å². The molecule has 20 heteroatoms. The Morgan fingerprint density at radius 3 is 2.47 bits per heavy atom. The minimum Gasteiger partial charge on any atom is -0.504 e. The number of ether oxygens (including phenoxy) is 1. The second kappa shape index (κ2) is 15.4. The van der Waals surface area contributed by atoms with Gasteiger partial charge in [0.25, 0.3) is 11.5 Å². The van der Waals surface area contributed by atoms with E-state index in [2.05, 4.69) is 47.7 Å². The lowest BCUT2D eigenvalue weighted by molar-refractivity contribution is -0.137. The predicted molar refractivity (Wildman–Crippen MR) is 230 cm³/mol. The number of alkyl halides is 4. The van der Waals surface area contributed by atoms with Crippen molar-refractivity contribution in [2.75, 3.05) is 56.2 Å². The molecule has 1 saturated carbocycles. The molecule has 1 unspecified atom stereocenters. The van der Waals surface area contributed by atoms with Crippen LogP contribution in [0.2, 0.25) is 5.02 Å². The number of anilines is 2. The van der Waals surface area contributed by atoms with Crippen LogP contribution in [0, 0.1) is 12.8 Å². The lowest BCUT2D eigenvalue weighted by Crippen LogP contribution is -2.63. The molecule has 324 valence electrons. The quantitative estimate of drug-likeness (QED) is 0.154. The molecule has 1 spiro atoms. The highest BCUT2D eigenvalue weighted by Gasteiger charge is 2.60. The van der Waals surface area contributed by atoms with E-state index < -0.39 is 29.0 Å². The molecule has 0 bridgehead atoms. The second-order valence-corrected chi connectivity index (χ2v) is 18.7. The van der Waals surface area contributed by atoms with Crippen molar-refractivity contribution in [1.29, 1.82) is 0 Å². The number of halogens is 5. The van der Waals surface area contributed by atoms with E-state index in [0.29, 0.717) is 54.4 Å². The maximum absolute atomic E-state index is 15.0. The number of benzene rings is 2. The molecular weight excluding hydrogens is 944 g/mol. The number of aromatic hydroxyl groups is 1. The van der Waals surface area contributed by atoms with Gasteiger partial charge in [0.05, 0.1) is 45.1 Å². The topological polar surface area (TPSA) is 163 Å². The number of hydrogen-bond acceptors (Lipinski definition) is 11. The van der Waals surface area contributed by atoms with Gasteiger partial charge < -0.3 is 29.5 Å². The third kappa shape index (κ3) is 6.80. The van der Waals surface area contributed by atoms with Crippen LogP contribution in [-0.2, 0) is 27.7 Å². The largest absolute Gasteiger partial charge is 0.504 e. The molecule has 2 aromatic carbocycles. The molecule has 2 aliphatic carbocycles. The van der Waals surface area contributed by atoms with Gasteiger partial charge in [-0.1, -0.05) is 34.2 Å². The van der Waals surface area contributed by atoms with E-state index in [9.17, 15) is 27.9 Å². The summed E-state index contributed by atoms with van der Waals surface area (Å²) in [6.07, 6.45) is -0.913. The third-order valence-electron chi connectivity index (χ3n) is 13.6. The first-order valence-electron chi connectivity index (χ1n) is 20.5. The SMILES string of the molecule is Cc1ncnc(C(=O)N2CCC3(C[C@H](I)c4c3c(=O)n3nc(-c5ccc(N6CCN(C7COC7)CC6)cc5)nc3n4CC(=O)Nc3ccc(C(F)(F)F)cc3Cl)[C@@H]3CC[C@@H]32)c1O. The lowest BCUT2D eigenvalue weighted by Gasteiger charge is -2.57. The van der Waals surface area contributed by atoms with Crippen LogP contribution in [0.25, 0.3) is 17.2 Å². The number of carbonyl (C=O) groups is 2. The summed E-state index contributed by atoms with van der Waals surface area (Å²) in [5.41, 5.74) is 1.13. The van der Waals surface area contributed by atoms with Crippen LogP contribution in [0.15, 0.2) is 53.6 Å². The van der Waals surface area contributed by atoms with Crippen molar-refractivity contribution >= 4 is 63.2 Å². The van der Waals surface area contributed by atoms with Gasteiger partial charge in [0.15, 0.2) is 17.3 Å². The van der Waals surface area contributed by atoms with Gasteiger partial charge in [-0.3, -0.25) is 19.3 Å². The average Bonchev–Trinajstić information content (AvgIpc) is 3.78. The van der Waals surface area contributed by atoms with E-state index in [-0.39, 0.29) is 61.7 Å². The number of nitrogens with zero attached hydrogens (tertiary/aromatic N) is 9. The molecule has 15 nitrogen and oxygen atoms in total. The van der Waals surface area contributed by atoms with Gasteiger partial charge in [-0.15, -0.1) is 5.10 Å². The van der Waals surface area contributed by atoms with Gasteiger partial charge >= 0.3 is 6.18 Å². The Kier molecular flexibility index (Phi) is 10.3.